The number of aliphatic carboxylic acids is 1. The topological polar surface area (TPSA) is 65.9 Å². The van der Waals surface area contributed by atoms with Crippen LogP contribution in [0.5, 0.6) is 5.75 Å². The molecule has 1 aromatic heterocycles. The van der Waals surface area contributed by atoms with Gasteiger partial charge in [-0.25, -0.2) is 9.78 Å². The van der Waals surface area contributed by atoms with Crippen LogP contribution in [0, 0.1) is 0 Å². The highest BCUT2D eigenvalue weighted by Gasteiger charge is 2.44. The maximum absolute atomic E-state index is 11.9. The lowest BCUT2D eigenvalue weighted by Gasteiger charge is -2.38. The molecule has 0 aliphatic carbocycles. The highest BCUT2D eigenvalue weighted by molar-refractivity contribution is 6.30. The van der Waals surface area contributed by atoms with Gasteiger partial charge in [-0.1, -0.05) is 17.7 Å². The highest BCUT2D eigenvalue weighted by Crippen LogP contribution is 2.30. The van der Waals surface area contributed by atoms with Crippen LogP contribution in [-0.4, -0.2) is 53.7 Å². The van der Waals surface area contributed by atoms with E-state index in [0.29, 0.717) is 36.7 Å². The Balaban J connectivity index is 1.62. The SMILES string of the molecule is CN(C)c1ccc(CN2CCC(Oc3ccc(Cl)cc3)(C(=O)O)CC2)cn1. The Kier molecular flexibility index (Phi) is 5.87. The van der Waals surface area contributed by atoms with Crippen LogP contribution in [0.2, 0.25) is 5.02 Å². The Bertz CT molecular complexity index is 770. The van der Waals surface area contributed by atoms with E-state index in [4.69, 9.17) is 16.3 Å². The lowest BCUT2D eigenvalue weighted by Crippen LogP contribution is -2.53. The fourth-order valence-corrected chi connectivity index (χ4v) is 3.32. The first-order valence-electron chi connectivity index (χ1n) is 8.90. The fraction of sp³-hybridized carbons (Fsp3) is 0.400. The van der Waals surface area contributed by atoms with E-state index in [1.54, 1.807) is 24.3 Å². The van der Waals surface area contributed by atoms with Gasteiger partial charge in [0.2, 0.25) is 5.60 Å². The maximum atomic E-state index is 11.9. The van der Waals surface area contributed by atoms with Crippen molar-refractivity contribution in [3.8, 4) is 5.75 Å². The number of ether oxygens (including phenoxy) is 1. The number of carboxylic acid groups (broad SMARTS) is 1. The Labute approximate surface area is 164 Å². The van der Waals surface area contributed by atoms with E-state index in [1.165, 1.54) is 0 Å². The molecule has 2 heterocycles. The summed E-state index contributed by atoms with van der Waals surface area (Å²) < 4.78 is 5.90. The summed E-state index contributed by atoms with van der Waals surface area (Å²) in [5, 5.41) is 10.4. The molecule has 27 heavy (non-hydrogen) atoms. The molecule has 2 aromatic rings. The largest absolute Gasteiger partial charge is 0.478 e. The third kappa shape index (κ3) is 4.70. The standard InChI is InChI=1S/C20H24ClN3O3/c1-23(2)18-8-3-15(13-22-18)14-24-11-9-20(10-12-24,19(25)26)27-17-6-4-16(21)5-7-17/h3-8,13H,9-12,14H2,1-2H3,(H,25,26). The number of nitrogens with zero attached hydrogens (tertiary/aromatic N) is 3. The van der Waals surface area contributed by atoms with Crippen LogP contribution in [-0.2, 0) is 11.3 Å². The molecule has 0 atom stereocenters. The predicted octanol–water partition coefficient (Wildman–Crippen LogP) is 3.30. The fourth-order valence-electron chi connectivity index (χ4n) is 3.19. The van der Waals surface area contributed by atoms with E-state index >= 15 is 0 Å². The molecule has 144 valence electrons. The third-order valence-electron chi connectivity index (χ3n) is 4.85. The monoisotopic (exact) mass is 389 g/mol. The van der Waals surface area contributed by atoms with E-state index < -0.39 is 11.6 Å². The van der Waals surface area contributed by atoms with Crippen molar-refractivity contribution in [3.05, 3.63) is 53.2 Å². The number of likely N-dealkylation sites (tertiary alicyclic amines) is 1. The maximum Gasteiger partial charge on any atom is 0.348 e. The Morgan fingerprint density at radius 2 is 1.89 bits per heavy atom. The van der Waals surface area contributed by atoms with E-state index in [0.717, 1.165) is 17.9 Å². The van der Waals surface area contributed by atoms with Gasteiger partial charge in [-0.3, -0.25) is 4.90 Å². The molecule has 0 unspecified atom stereocenters. The van der Waals surface area contributed by atoms with E-state index in [-0.39, 0.29) is 0 Å². The van der Waals surface area contributed by atoms with Gasteiger partial charge in [-0.2, -0.15) is 0 Å². The van der Waals surface area contributed by atoms with E-state index in [2.05, 4.69) is 16.0 Å². The molecule has 3 rings (SSSR count). The molecule has 6 nitrogen and oxygen atoms in total. The van der Waals surface area contributed by atoms with E-state index in [9.17, 15) is 9.90 Å². The van der Waals surface area contributed by atoms with Gasteiger partial charge in [0.15, 0.2) is 0 Å². The minimum atomic E-state index is -1.20. The quantitative estimate of drug-likeness (QED) is 0.817. The van der Waals surface area contributed by atoms with Crippen LogP contribution >= 0.6 is 11.6 Å². The van der Waals surface area contributed by atoms with Crippen LogP contribution in [0.15, 0.2) is 42.6 Å². The normalized spacial score (nSPS) is 16.7. The molecule has 0 spiro atoms. The number of benzene rings is 1. The molecule has 1 aliphatic rings. The number of hydrogen-bond acceptors (Lipinski definition) is 5. The first-order chi connectivity index (χ1) is 12.9. The number of carbonyl (C=O) groups is 1. The Hall–Kier alpha value is -2.31. The van der Waals surface area contributed by atoms with Crippen molar-refractivity contribution < 1.29 is 14.6 Å². The second-order valence-corrected chi connectivity index (χ2v) is 7.49. The van der Waals surface area contributed by atoms with Crippen molar-refractivity contribution in [3.63, 3.8) is 0 Å². The Morgan fingerprint density at radius 3 is 2.41 bits per heavy atom. The van der Waals surface area contributed by atoms with Gasteiger partial charge in [0.05, 0.1) is 0 Å². The van der Waals surface area contributed by atoms with Crippen molar-refractivity contribution in [2.24, 2.45) is 0 Å². The lowest BCUT2D eigenvalue weighted by molar-refractivity contribution is -0.159. The van der Waals surface area contributed by atoms with Crippen LogP contribution in [0.25, 0.3) is 0 Å². The molecule has 0 radical (unpaired) electrons. The highest BCUT2D eigenvalue weighted by atomic mass is 35.5. The van der Waals surface area contributed by atoms with Crippen LogP contribution in [0.4, 0.5) is 5.82 Å². The zero-order valence-electron chi connectivity index (χ0n) is 15.6. The molecule has 0 amide bonds. The molecule has 0 saturated carbocycles. The van der Waals surface area contributed by atoms with E-state index in [1.807, 2.05) is 31.3 Å². The minimum Gasteiger partial charge on any atom is -0.478 e. The number of carboxylic acids is 1. The van der Waals surface area contributed by atoms with Gasteiger partial charge >= 0.3 is 5.97 Å². The average Bonchev–Trinajstić information content (AvgIpc) is 2.65. The molecular formula is C20H24ClN3O3. The smallest absolute Gasteiger partial charge is 0.348 e. The van der Waals surface area contributed by atoms with Crippen LogP contribution in [0.1, 0.15) is 18.4 Å². The van der Waals surface area contributed by atoms with Crippen molar-refractivity contribution in [1.82, 2.24) is 9.88 Å². The number of pyridine rings is 1. The van der Waals surface area contributed by atoms with Gasteiger partial charge in [0, 0.05) is 57.8 Å². The number of aromatic nitrogens is 1. The molecule has 1 aliphatic heterocycles. The average molecular weight is 390 g/mol. The van der Waals surface area contributed by atoms with Gasteiger partial charge in [-0.05, 0) is 35.9 Å². The summed E-state index contributed by atoms with van der Waals surface area (Å²) >= 11 is 5.89. The third-order valence-corrected chi connectivity index (χ3v) is 5.11. The predicted molar refractivity (Wildman–Crippen MR) is 106 cm³/mol. The Morgan fingerprint density at radius 1 is 1.22 bits per heavy atom. The van der Waals surface area contributed by atoms with Gasteiger partial charge in [0.25, 0.3) is 0 Å². The summed E-state index contributed by atoms with van der Waals surface area (Å²) in [7, 11) is 3.91. The van der Waals surface area contributed by atoms with Crippen molar-refractivity contribution in [2.45, 2.75) is 25.0 Å². The van der Waals surface area contributed by atoms with Crippen LogP contribution in [0.3, 0.4) is 0 Å². The summed E-state index contributed by atoms with van der Waals surface area (Å²) in [6.07, 6.45) is 2.72. The van der Waals surface area contributed by atoms with Crippen LogP contribution < -0.4 is 9.64 Å². The number of anilines is 1. The number of hydrogen-bond donors (Lipinski definition) is 1. The summed E-state index contributed by atoms with van der Waals surface area (Å²) in [5.41, 5.74) is -0.0841. The number of piperidine rings is 1. The summed E-state index contributed by atoms with van der Waals surface area (Å²) in [6.45, 7) is 2.04. The first-order valence-corrected chi connectivity index (χ1v) is 9.28. The summed E-state index contributed by atoms with van der Waals surface area (Å²) in [4.78, 5) is 20.6. The zero-order valence-corrected chi connectivity index (χ0v) is 16.3. The molecule has 1 aromatic carbocycles. The second kappa shape index (κ2) is 8.15. The molecule has 1 saturated heterocycles. The zero-order chi connectivity index (χ0) is 19.4. The lowest BCUT2D eigenvalue weighted by atomic mass is 9.90. The molecular weight excluding hydrogens is 366 g/mol. The molecule has 1 fully saturated rings. The van der Waals surface area contributed by atoms with Crippen molar-refractivity contribution in [2.75, 3.05) is 32.1 Å². The molecule has 7 heteroatoms. The van der Waals surface area contributed by atoms with Gasteiger partial charge < -0.3 is 14.7 Å². The van der Waals surface area contributed by atoms with Gasteiger partial charge in [-0.15, -0.1) is 0 Å². The van der Waals surface area contributed by atoms with Crippen molar-refractivity contribution >= 4 is 23.4 Å². The summed E-state index contributed by atoms with van der Waals surface area (Å²) in [5.74, 6) is 0.520. The minimum absolute atomic E-state index is 0.425. The second-order valence-electron chi connectivity index (χ2n) is 7.05. The number of halogens is 1. The summed E-state index contributed by atoms with van der Waals surface area (Å²) in [6, 6.07) is 10.9. The molecule has 0 bridgehead atoms. The first kappa shape index (κ1) is 19.5. The van der Waals surface area contributed by atoms with Crippen molar-refractivity contribution in [1.29, 1.82) is 0 Å². The molecule has 1 N–H and O–H groups in total. The van der Waals surface area contributed by atoms with Gasteiger partial charge in [0.1, 0.15) is 11.6 Å². The number of rotatable bonds is 6.